The molecule has 0 saturated carbocycles. The molecule has 0 heterocycles. The molecule has 10 heteroatoms. The quantitative estimate of drug-likeness (QED) is 0.0211. The normalized spacial score (nSPS) is 13.3. The Kier molecular flexibility index (Phi) is 52.6. The molecule has 2 unspecified atom stereocenters. The molecule has 0 radical (unpaired) electrons. The lowest BCUT2D eigenvalue weighted by atomic mass is 10.0. The van der Waals surface area contributed by atoms with Crippen molar-refractivity contribution in [2.24, 2.45) is 0 Å². The molecule has 71 heavy (non-hydrogen) atoms. The van der Waals surface area contributed by atoms with Crippen molar-refractivity contribution in [3.05, 3.63) is 12.2 Å². The van der Waals surface area contributed by atoms with E-state index in [1.807, 2.05) is 21.1 Å². The molecule has 0 aromatic carbocycles. The predicted molar refractivity (Wildman–Crippen MR) is 303 cm³/mol. The molecule has 1 N–H and O–H groups in total. The summed E-state index contributed by atoms with van der Waals surface area (Å²) in [5.74, 6) is -0.783. The van der Waals surface area contributed by atoms with Gasteiger partial charge in [0.2, 0.25) is 0 Å². The number of likely N-dealkylation sites (N-methyl/N-ethyl adjacent to an activating group) is 1. The number of unbranched alkanes of at least 4 members (excludes halogenated alkanes) is 42. The number of allylic oxidation sites excluding steroid dienone is 2. The van der Waals surface area contributed by atoms with Crippen molar-refractivity contribution in [1.82, 2.24) is 0 Å². The van der Waals surface area contributed by atoms with Gasteiger partial charge in [0.05, 0.1) is 27.7 Å². The zero-order chi connectivity index (χ0) is 52.0. The molecule has 0 spiro atoms. The molecule has 422 valence electrons. The van der Waals surface area contributed by atoms with Crippen molar-refractivity contribution in [2.45, 2.75) is 322 Å². The largest absolute Gasteiger partial charge is 0.472 e. The number of esters is 2. The van der Waals surface area contributed by atoms with E-state index in [-0.39, 0.29) is 25.6 Å². The number of hydrogen-bond acceptors (Lipinski definition) is 7. The van der Waals surface area contributed by atoms with Crippen LogP contribution < -0.4 is 0 Å². The summed E-state index contributed by atoms with van der Waals surface area (Å²) in [6.07, 6.45) is 63.0. The maximum atomic E-state index is 12.8. The van der Waals surface area contributed by atoms with Gasteiger partial charge in [0.1, 0.15) is 19.8 Å². The van der Waals surface area contributed by atoms with E-state index in [9.17, 15) is 19.0 Å². The van der Waals surface area contributed by atoms with Crippen molar-refractivity contribution in [3.63, 3.8) is 0 Å². The molecule has 0 aliphatic rings. The van der Waals surface area contributed by atoms with Crippen LogP contribution in [0.5, 0.6) is 0 Å². The number of carbonyl (C=O) groups is 2. The fourth-order valence-electron chi connectivity index (χ4n) is 9.25. The second-order valence-corrected chi connectivity index (χ2v) is 23.9. The van der Waals surface area contributed by atoms with Gasteiger partial charge in [0.25, 0.3) is 0 Å². The Balaban J connectivity index is 4.02. The van der Waals surface area contributed by atoms with Crippen LogP contribution in [0.4, 0.5) is 0 Å². The highest BCUT2D eigenvalue weighted by molar-refractivity contribution is 7.47. The number of hydrogen-bond donors (Lipinski definition) is 1. The van der Waals surface area contributed by atoms with Crippen molar-refractivity contribution >= 4 is 19.8 Å². The first-order valence-corrected chi connectivity index (χ1v) is 32.4. The lowest BCUT2D eigenvalue weighted by molar-refractivity contribution is -0.870. The first-order chi connectivity index (χ1) is 34.5. The van der Waals surface area contributed by atoms with Crippen LogP contribution in [0, 0.1) is 0 Å². The van der Waals surface area contributed by atoms with Crippen LogP contribution in [0.3, 0.4) is 0 Å². The van der Waals surface area contributed by atoms with E-state index in [2.05, 4.69) is 26.0 Å². The summed E-state index contributed by atoms with van der Waals surface area (Å²) in [5.41, 5.74) is 0. The monoisotopic (exact) mass is 1030 g/mol. The zero-order valence-corrected chi connectivity index (χ0v) is 48.9. The molecular formula is C61H121NO8P+. The van der Waals surface area contributed by atoms with Crippen molar-refractivity contribution in [1.29, 1.82) is 0 Å². The first-order valence-electron chi connectivity index (χ1n) is 30.9. The van der Waals surface area contributed by atoms with Crippen LogP contribution in [-0.2, 0) is 32.7 Å². The summed E-state index contributed by atoms with van der Waals surface area (Å²) >= 11 is 0. The molecule has 0 fully saturated rings. The van der Waals surface area contributed by atoms with E-state index < -0.39 is 26.5 Å². The van der Waals surface area contributed by atoms with E-state index in [1.165, 1.54) is 238 Å². The van der Waals surface area contributed by atoms with Crippen LogP contribution in [0.1, 0.15) is 316 Å². The van der Waals surface area contributed by atoms with E-state index in [0.29, 0.717) is 23.9 Å². The third kappa shape index (κ3) is 57.9. The Morgan fingerprint density at radius 1 is 0.423 bits per heavy atom. The molecule has 0 bridgehead atoms. The summed E-state index contributed by atoms with van der Waals surface area (Å²) in [6.45, 7) is 4.49. The van der Waals surface area contributed by atoms with E-state index in [4.69, 9.17) is 18.5 Å². The molecule has 0 aliphatic heterocycles. The summed E-state index contributed by atoms with van der Waals surface area (Å²) in [6, 6.07) is 0. The van der Waals surface area contributed by atoms with Crippen LogP contribution in [0.2, 0.25) is 0 Å². The van der Waals surface area contributed by atoms with Gasteiger partial charge >= 0.3 is 19.8 Å². The van der Waals surface area contributed by atoms with Gasteiger partial charge in [0.15, 0.2) is 6.10 Å². The maximum absolute atomic E-state index is 12.8. The minimum atomic E-state index is -4.38. The predicted octanol–water partition coefficient (Wildman–Crippen LogP) is 19.2. The zero-order valence-electron chi connectivity index (χ0n) is 48.0. The van der Waals surface area contributed by atoms with Gasteiger partial charge in [-0.3, -0.25) is 18.6 Å². The Hall–Kier alpha value is -1.25. The van der Waals surface area contributed by atoms with Crippen LogP contribution >= 0.6 is 7.82 Å². The highest BCUT2D eigenvalue weighted by Crippen LogP contribution is 2.43. The maximum Gasteiger partial charge on any atom is 0.472 e. The van der Waals surface area contributed by atoms with Crippen molar-refractivity contribution < 1.29 is 42.1 Å². The number of nitrogens with zero attached hydrogens (tertiary/aromatic N) is 1. The SMILES string of the molecule is CCCCCCCCC/C=C\CCCCCCCCCC(=O)OC(COC(=O)CCCCCCCCCCCCCCCCCCCCCCCCCCCCCCC)COP(=O)(O)OCC[N+](C)(C)C. The molecule has 0 aromatic rings. The third-order valence-corrected chi connectivity index (χ3v) is 15.0. The number of phosphoric acid groups is 1. The lowest BCUT2D eigenvalue weighted by Gasteiger charge is -2.24. The minimum absolute atomic E-state index is 0.0345. The second-order valence-electron chi connectivity index (χ2n) is 22.5. The van der Waals surface area contributed by atoms with Gasteiger partial charge < -0.3 is 18.9 Å². The Labute approximate surface area is 441 Å². The smallest absolute Gasteiger partial charge is 0.462 e. The Morgan fingerprint density at radius 2 is 0.718 bits per heavy atom. The minimum Gasteiger partial charge on any atom is -0.462 e. The second kappa shape index (κ2) is 53.6. The van der Waals surface area contributed by atoms with Gasteiger partial charge in [-0.25, -0.2) is 4.57 Å². The summed E-state index contributed by atoms with van der Waals surface area (Å²) < 4.78 is 34.6. The first kappa shape index (κ1) is 69.8. The van der Waals surface area contributed by atoms with Gasteiger partial charge in [-0.2, -0.15) is 0 Å². The van der Waals surface area contributed by atoms with Crippen molar-refractivity contribution in [3.8, 4) is 0 Å². The number of carbonyl (C=O) groups excluding carboxylic acids is 2. The van der Waals surface area contributed by atoms with Crippen molar-refractivity contribution in [2.75, 3.05) is 47.5 Å². The number of ether oxygens (including phenoxy) is 2. The summed E-state index contributed by atoms with van der Waals surface area (Å²) in [4.78, 5) is 35.7. The van der Waals surface area contributed by atoms with Crippen LogP contribution in [0.25, 0.3) is 0 Å². The Morgan fingerprint density at radius 3 is 1.04 bits per heavy atom. The average Bonchev–Trinajstić information content (AvgIpc) is 3.33. The molecule has 0 aromatic heterocycles. The fourth-order valence-corrected chi connectivity index (χ4v) is 9.99. The highest BCUT2D eigenvalue weighted by Gasteiger charge is 2.27. The molecule has 0 rings (SSSR count). The van der Waals surface area contributed by atoms with Gasteiger partial charge in [0, 0.05) is 12.8 Å². The number of rotatable bonds is 58. The van der Waals surface area contributed by atoms with E-state index in [1.54, 1.807) is 0 Å². The lowest BCUT2D eigenvalue weighted by Crippen LogP contribution is -2.37. The molecule has 0 amide bonds. The molecular weight excluding hydrogens is 906 g/mol. The summed E-state index contributed by atoms with van der Waals surface area (Å²) in [5, 5.41) is 0. The van der Waals surface area contributed by atoms with Crippen LogP contribution in [-0.4, -0.2) is 74.9 Å². The standard InChI is InChI=1S/C61H120NO8P/c1-6-8-10-12-14-16-18-20-22-24-26-27-28-29-30-31-32-33-34-35-36-38-39-41-43-45-47-49-51-53-60(63)67-57-59(58-69-71(65,66)68-56-55-62(3,4)5)70-61(64)54-52-50-48-46-44-42-40-37-25-23-21-19-17-15-13-11-9-7-2/h23,25,59H,6-22,24,26-58H2,1-5H3/p+1/b25-23-. The number of quaternary nitrogens is 1. The molecule has 2 atom stereocenters. The average molecular weight is 1030 g/mol. The molecule has 0 saturated heterocycles. The Bertz CT molecular complexity index is 1210. The molecule has 9 nitrogen and oxygen atoms in total. The van der Waals surface area contributed by atoms with Gasteiger partial charge in [-0.15, -0.1) is 0 Å². The summed E-state index contributed by atoms with van der Waals surface area (Å²) in [7, 11) is 1.49. The number of phosphoric ester groups is 1. The fraction of sp³-hybridized carbons (Fsp3) is 0.934. The third-order valence-electron chi connectivity index (χ3n) is 14.0. The van der Waals surface area contributed by atoms with Crippen LogP contribution in [0.15, 0.2) is 12.2 Å². The molecule has 0 aliphatic carbocycles. The van der Waals surface area contributed by atoms with E-state index >= 15 is 0 Å². The van der Waals surface area contributed by atoms with E-state index in [0.717, 1.165) is 44.9 Å². The van der Waals surface area contributed by atoms with Gasteiger partial charge in [-0.05, 0) is 38.5 Å². The van der Waals surface area contributed by atoms with Gasteiger partial charge in [-0.1, -0.05) is 276 Å². The topological polar surface area (TPSA) is 108 Å². The highest BCUT2D eigenvalue weighted by atomic mass is 31.2.